The molecule has 6 heteroatoms. The van der Waals surface area contributed by atoms with E-state index in [1.807, 2.05) is 50.8 Å². The molecule has 6 nitrogen and oxygen atoms in total. The van der Waals surface area contributed by atoms with Crippen molar-refractivity contribution in [2.75, 3.05) is 13.6 Å². The lowest BCUT2D eigenvalue weighted by Gasteiger charge is -2.21. The lowest BCUT2D eigenvalue weighted by molar-refractivity contribution is -0.121. The number of carbonyl (C=O) groups is 1. The van der Waals surface area contributed by atoms with E-state index in [4.69, 9.17) is 0 Å². The van der Waals surface area contributed by atoms with Gasteiger partial charge in [0.1, 0.15) is 0 Å². The van der Waals surface area contributed by atoms with Gasteiger partial charge in [-0.15, -0.1) is 0 Å². The molecule has 1 aromatic rings. The Morgan fingerprint density at radius 1 is 1.35 bits per heavy atom. The maximum Gasteiger partial charge on any atom is 0.239 e. The number of nitrogens with one attached hydrogen (secondary N) is 3. The van der Waals surface area contributed by atoms with Crippen LogP contribution >= 0.6 is 0 Å². The summed E-state index contributed by atoms with van der Waals surface area (Å²) in [4.78, 5) is 15.8. The predicted octanol–water partition coefficient (Wildman–Crippen LogP) is 0.605. The first kappa shape index (κ1) is 16.1. The van der Waals surface area contributed by atoms with Gasteiger partial charge in [-0.1, -0.05) is 0 Å². The topological polar surface area (TPSA) is 70.4 Å². The van der Waals surface area contributed by atoms with Gasteiger partial charge in [-0.25, -0.2) is 0 Å². The van der Waals surface area contributed by atoms with E-state index in [0.717, 1.165) is 5.56 Å². The van der Waals surface area contributed by atoms with Crippen LogP contribution in [0.5, 0.6) is 0 Å². The van der Waals surface area contributed by atoms with Crippen molar-refractivity contribution < 1.29 is 4.79 Å². The number of aliphatic imine (C=N–C) groups is 1. The van der Waals surface area contributed by atoms with Gasteiger partial charge in [0.2, 0.25) is 5.91 Å². The summed E-state index contributed by atoms with van der Waals surface area (Å²) in [6.07, 6.45) is 4.02. The van der Waals surface area contributed by atoms with E-state index in [1.165, 1.54) is 0 Å². The van der Waals surface area contributed by atoms with Crippen LogP contribution in [0.25, 0.3) is 0 Å². The van der Waals surface area contributed by atoms with Crippen LogP contribution in [0.4, 0.5) is 0 Å². The fourth-order valence-corrected chi connectivity index (χ4v) is 1.70. The number of guanidine groups is 1. The summed E-state index contributed by atoms with van der Waals surface area (Å²) in [7, 11) is 3.66. The third-order valence-electron chi connectivity index (χ3n) is 2.51. The minimum absolute atomic E-state index is 0.0554. The number of nitrogens with zero attached hydrogens (tertiary/aromatic N) is 2. The Hall–Kier alpha value is -1.98. The van der Waals surface area contributed by atoms with Crippen molar-refractivity contribution in [1.82, 2.24) is 20.5 Å². The molecule has 1 amide bonds. The summed E-state index contributed by atoms with van der Waals surface area (Å²) in [6.45, 7) is 6.72. The van der Waals surface area contributed by atoms with Crippen LogP contribution in [0.2, 0.25) is 0 Å². The summed E-state index contributed by atoms with van der Waals surface area (Å²) in [5.41, 5.74) is 0.939. The first-order valence-corrected chi connectivity index (χ1v) is 6.66. The van der Waals surface area contributed by atoms with Crippen molar-refractivity contribution in [2.45, 2.75) is 32.9 Å². The molecule has 0 aliphatic carbocycles. The molecule has 0 saturated heterocycles. The third kappa shape index (κ3) is 6.26. The van der Waals surface area contributed by atoms with Crippen LogP contribution in [0.3, 0.4) is 0 Å². The van der Waals surface area contributed by atoms with E-state index in [0.29, 0.717) is 12.5 Å². The maximum absolute atomic E-state index is 11.7. The molecule has 0 aliphatic rings. The number of aromatic nitrogens is 1. The average molecular weight is 279 g/mol. The zero-order valence-electron chi connectivity index (χ0n) is 12.9. The van der Waals surface area contributed by atoms with Crippen molar-refractivity contribution in [3.05, 3.63) is 24.0 Å². The van der Waals surface area contributed by atoms with E-state index < -0.39 is 0 Å². The second-order valence-corrected chi connectivity index (χ2v) is 5.76. The normalized spacial score (nSPS) is 12.2. The molecule has 0 saturated carbocycles. The molecule has 0 unspecified atom stereocenters. The fourth-order valence-electron chi connectivity index (χ4n) is 1.70. The smallest absolute Gasteiger partial charge is 0.239 e. The quantitative estimate of drug-likeness (QED) is 0.558. The molecule has 1 rings (SSSR count). The van der Waals surface area contributed by atoms with Crippen molar-refractivity contribution in [3.63, 3.8) is 0 Å². The number of amides is 1. The zero-order chi connectivity index (χ0) is 15.2. The Morgan fingerprint density at radius 3 is 2.55 bits per heavy atom. The number of carbonyl (C=O) groups excluding carboxylic acids is 1. The summed E-state index contributed by atoms with van der Waals surface area (Å²) in [5, 5.41) is 9.04. The molecule has 0 atom stereocenters. The van der Waals surface area contributed by atoms with E-state index in [9.17, 15) is 4.79 Å². The molecule has 1 aromatic heterocycles. The lowest BCUT2D eigenvalue weighted by atomic mass is 10.1. The second kappa shape index (κ2) is 6.98. The van der Waals surface area contributed by atoms with Gasteiger partial charge in [0.25, 0.3) is 0 Å². The monoisotopic (exact) mass is 279 g/mol. The average Bonchev–Trinajstić information content (AvgIpc) is 2.73. The van der Waals surface area contributed by atoms with Crippen LogP contribution < -0.4 is 16.0 Å². The van der Waals surface area contributed by atoms with Gasteiger partial charge in [0, 0.05) is 38.6 Å². The van der Waals surface area contributed by atoms with Crippen molar-refractivity contribution >= 4 is 11.9 Å². The van der Waals surface area contributed by atoms with Gasteiger partial charge < -0.3 is 20.5 Å². The van der Waals surface area contributed by atoms with Gasteiger partial charge in [-0.05, 0) is 32.4 Å². The molecule has 1 heterocycles. The van der Waals surface area contributed by atoms with Crippen molar-refractivity contribution in [3.8, 4) is 0 Å². The minimum atomic E-state index is -0.222. The molecule has 112 valence electrons. The first-order chi connectivity index (χ1) is 9.30. The zero-order valence-corrected chi connectivity index (χ0v) is 12.9. The van der Waals surface area contributed by atoms with Crippen LogP contribution in [-0.4, -0.2) is 35.6 Å². The molecule has 0 aliphatic heterocycles. The van der Waals surface area contributed by atoms with Crippen LogP contribution in [0.1, 0.15) is 26.3 Å². The molecular formula is C14H25N5O. The fraction of sp³-hybridized carbons (Fsp3) is 0.571. The molecule has 0 spiro atoms. The highest BCUT2D eigenvalue weighted by atomic mass is 16.2. The minimum Gasteiger partial charge on any atom is -0.357 e. The maximum atomic E-state index is 11.7. The van der Waals surface area contributed by atoms with E-state index >= 15 is 0 Å². The first-order valence-electron chi connectivity index (χ1n) is 6.66. The van der Waals surface area contributed by atoms with Gasteiger partial charge >= 0.3 is 0 Å². The molecule has 0 bridgehead atoms. The summed E-state index contributed by atoms with van der Waals surface area (Å²) in [6, 6.07) is 2.03. The molecular weight excluding hydrogens is 254 g/mol. The van der Waals surface area contributed by atoms with Gasteiger partial charge in [-0.3, -0.25) is 9.79 Å². The Labute approximate surface area is 120 Å². The summed E-state index contributed by atoms with van der Waals surface area (Å²) < 4.78 is 1.99. The summed E-state index contributed by atoms with van der Waals surface area (Å²) >= 11 is 0. The highest BCUT2D eigenvalue weighted by Gasteiger charge is 2.13. The number of aryl methyl sites for hydroxylation is 1. The number of hydrogen-bond donors (Lipinski definition) is 3. The van der Waals surface area contributed by atoms with Gasteiger partial charge in [-0.2, -0.15) is 0 Å². The molecule has 0 fully saturated rings. The summed E-state index contributed by atoms with van der Waals surface area (Å²) in [5.74, 6) is 0.554. The molecule has 20 heavy (non-hydrogen) atoms. The lowest BCUT2D eigenvalue weighted by Crippen LogP contribution is -2.48. The van der Waals surface area contributed by atoms with Crippen LogP contribution in [-0.2, 0) is 18.4 Å². The SMILES string of the molecule is CN=C(NCC(=O)NC(C)(C)C)NCc1ccn(C)c1. The second-order valence-electron chi connectivity index (χ2n) is 5.76. The standard InChI is InChI=1S/C14H25N5O/c1-14(2,3)18-12(20)9-17-13(15-4)16-8-11-6-7-19(5)10-11/h6-7,10H,8-9H2,1-5H3,(H,18,20)(H2,15,16,17). The van der Waals surface area contributed by atoms with E-state index in [-0.39, 0.29) is 18.0 Å². The Balaban J connectivity index is 2.35. The highest BCUT2D eigenvalue weighted by Crippen LogP contribution is 1.98. The van der Waals surface area contributed by atoms with Gasteiger partial charge in [0.15, 0.2) is 5.96 Å². The Bertz CT molecular complexity index is 470. The predicted molar refractivity (Wildman–Crippen MR) is 81.5 cm³/mol. The third-order valence-corrected chi connectivity index (χ3v) is 2.51. The molecule has 0 aromatic carbocycles. The Kier molecular flexibility index (Phi) is 5.61. The van der Waals surface area contributed by atoms with Crippen LogP contribution in [0, 0.1) is 0 Å². The van der Waals surface area contributed by atoms with E-state index in [2.05, 4.69) is 20.9 Å². The molecule has 0 radical (unpaired) electrons. The van der Waals surface area contributed by atoms with Gasteiger partial charge in [0.05, 0.1) is 6.54 Å². The largest absolute Gasteiger partial charge is 0.357 e. The highest BCUT2D eigenvalue weighted by molar-refractivity contribution is 5.86. The van der Waals surface area contributed by atoms with E-state index in [1.54, 1.807) is 7.05 Å². The Morgan fingerprint density at radius 2 is 2.05 bits per heavy atom. The van der Waals surface area contributed by atoms with Crippen LogP contribution in [0.15, 0.2) is 23.5 Å². The van der Waals surface area contributed by atoms with Crippen molar-refractivity contribution in [1.29, 1.82) is 0 Å². The van der Waals surface area contributed by atoms with Crippen molar-refractivity contribution in [2.24, 2.45) is 12.0 Å². The number of hydrogen-bond acceptors (Lipinski definition) is 2. The molecule has 3 N–H and O–H groups in total. The number of rotatable bonds is 4.